The van der Waals surface area contributed by atoms with Gasteiger partial charge in [-0.3, -0.25) is 14.5 Å². The fourth-order valence-corrected chi connectivity index (χ4v) is 4.21. The van der Waals surface area contributed by atoms with E-state index in [9.17, 15) is 9.59 Å². The summed E-state index contributed by atoms with van der Waals surface area (Å²) in [6, 6.07) is 14.6. The Morgan fingerprint density at radius 2 is 1.79 bits per heavy atom. The molecule has 0 unspecified atom stereocenters. The number of amides is 1. The number of benzene rings is 2. The Morgan fingerprint density at radius 1 is 1.07 bits per heavy atom. The zero-order valence-electron chi connectivity index (χ0n) is 15.2. The van der Waals surface area contributed by atoms with Crippen molar-refractivity contribution >= 4 is 62.6 Å². The first-order valence-electron chi connectivity index (χ1n) is 8.51. The van der Waals surface area contributed by atoms with E-state index in [0.717, 1.165) is 5.69 Å². The Hall–Kier alpha value is -2.90. The Bertz CT molecular complexity index is 1180. The Balaban J connectivity index is 1.69. The van der Waals surface area contributed by atoms with Gasteiger partial charge in [-0.25, -0.2) is 0 Å². The zero-order chi connectivity index (χ0) is 19.8. The smallest absolute Gasteiger partial charge is 0.270 e. The average Bonchev–Trinajstić information content (AvgIpc) is 2.97. The van der Waals surface area contributed by atoms with Crippen LogP contribution in [-0.4, -0.2) is 24.3 Å². The highest BCUT2D eigenvalue weighted by atomic mass is 32.2. The van der Waals surface area contributed by atoms with Gasteiger partial charge in [-0.2, -0.15) is 0 Å². The summed E-state index contributed by atoms with van der Waals surface area (Å²) in [5.41, 5.74) is 2.38. The van der Waals surface area contributed by atoms with Crippen molar-refractivity contribution in [1.82, 2.24) is 0 Å². The number of thioether (sulfide) groups is 1. The molecule has 0 N–H and O–H groups in total. The number of carbonyl (C=O) groups is 1. The standard InChI is InChI=1S/C21H16N2O3S2/c1-22(2)14-7-9-15(10-8-14)23-20(25)18(28-21(23)27)11-13-12-26-17-6-4-3-5-16(17)19(13)24/h3-12H,1-2H3/b18-11-. The first-order valence-corrected chi connectivity index (χ1v) is 9.74. The molecule has 1 aromatic heterocycles. The van der Waals surface area contributed by atoms with Gasteiger partial charge in [0.15, 0.2) is 9.75 Å². The van der Waals surface area contributed by atoms with Gasteiger partial charge >= 0.3 is 0 Å². The molecule has 7 heteroatoms. The summed E-state index contributed by atoms with van der Waals surface area (Å²) in [6.07, 6.45) is 2.93. The Labute approximate surface area is 171 Å². The van der Waals surface area contributed by atoms with E-state index in [4.69, 9.17) is 16.6 Å². The molecule has 28 heavy (non-hydrogen) atoms. The molecule has 4 rings (SSSR count). The highest BCUT2D eigenvalue weighted by Crippen LogP contribution is 2.36. The summed E-state index contributed by atoms with van der Waals surface area (Å²) in [5.74, 6) is -0.250. The van der Waals surface area contributed by atoms with E-state index < -0.39 is 0 Å². The molecule has 2 aromatic carbocycles. The van der Waals surface area contributed by atoms with Gasteiger partial charge in [0.1, 0.15) is 11.8 Å². The number of fused-ring (bicyclic) bond motifs is 1. The minimum atomic E-state index is -0.250. The molecule has 1 amide bonds. The van der Waals surface area contributed by atoms with Crippen LogP contribution in [0.3, 0.4) is 0 Å². The first kappa shape index (κ1) is 18.5. The molecule has 0 spiro atoms. The lowest BCUT2D eigenvalue weighted by atomic mass is 10.1. The fourth-order valence-electron chi connectivity index (χ4n) is 2.92. The predicted octanol–water partition coefficient (Wildman–Crippen LogP) is 4.26. The third kappa shape index (κ3) is 3.23. The van der Waals surface area contributed by atoms with E-state index in [1.807, 2.05) is 43.3 Å². The molecular weight excluding hydrogens is 392 g/mol. The van der Waals surface area contributed by atoms with Crippen LogP contribution in [0.1, 0.15) is 5.56 Å². The van der Waals surface area contributed by atoms with Crippen molar-refractivity contribution < 1.29 is 9.21 Å². The maximum atomic E-state index is 12.9. The number of anilines is 2. The van der Waals surface area contributed by atoms with Gasteiger partial charge < -0.3 is 9.32 Å². The van der Waals surface area contributed by atoms with Crippen LogP contribution in [0.4, 0.5) is 11.4 Å². The summed E-state index contributed by atoms with van der Waals surface area (Å²) in [5, 5.41) is 0.478. The normalized spacial score (nSPS) is 15.6. The van der Waals surface area contributed by atoms with Crippen LogP contribution in [0.5, 0.6) is 0 Å². The first-order chi connectivity index (χ1) is 13.5. The minimum Gasteiger partial charge on any atom is -0.463 e. The fraction of sp³-hybridized carbons (Fsp3) is 0.0952. The van der Waals surface area contributed by atoms with Crippen LogP contribution in [0.2, 0.25) is 0 Å². The number of hydrogen-bond donors (Lipinski definition) is 0. The summed E-state index contributed by atoms with van der Waals surface area (Å²) >= 11 is 6.58. The number of carbonyl (C=O) groups excluding carboxylic acids is 1. The lowest BCUT2D eigenvalue weighted by molar-refractivity contribution is -0.113. The van der Waals surface area contributed by atoms with E-state index in [0.29, 0.717) is 31.4 Å². The quantitative estimate of drug-likeness (QED) is 0.477. The third-order valence-corrected chi connectivity index (χ3v) is 5.71. The Kier molecular flexibility index (Phi) is 4.78. The molecular formula is C21H16N2O3S2. The van der Waals surface area contributed by atoms with Gasteiger partial charge in [0.25, 0.3) is 5.91 Å². The molecule has 0 aliphatic carbocycles. The molecule has 1 saturated heterocycles. The average molecular weight is 409 g/mol. The maximum Gasteiger partial charge on any atom is 0.270 e. The molecule has 3 aromatic rings. The van der Waals surface area contributed by atoms with E-state index in [2.05, 4.69) is 0 Å². The third-order valence-electron chi connectivity index (χ3n) is 4.41. The lowest BCUT2D eigenvalue weighted by Gasteiger charge is -2.17. The SMILES string of the molecule is CN(C)c1ccc(N2C(=O)/C(=C/c3coc4ccccc4c3=O)SC2=S)cc1. The van der Waals surface area contributed by atoms with Crippen LogP contribution < -0.4 is 15.2 Å². The summed E-state index contributed by atoms with van der Waals surface area (Å²) in [6.45, 7) is 0. The topological polar surface area (TPSA) is 53.8 Å². The molecule has 0 bridgehead atoms. The number of nitrogens with zero attached hydrogens (tertiary/aromatic N) is 2. The molecule has 1 aliphatic rings. The number of para-hydroxylation sites is 1. The van der Waals surface area contributed by atoms with E-state index in [1.54, 1.807) is 30.3 Å². The van der Waals surface area contributed by atoms with Gasteiger partial charge in [0.05, 0.1) is 21.5 Å². The highest BCUT2D eigenvalue weighted by Gasteiger charge is 2.33. The molecule has 1 aliphatic heterocycles. The minimum absolute atomic E-state index is 0.178. The van der Waals surface area contributed by atoms with E-state index in [1.165, 1.54) is 22.9 Å². The van der Waals surface area contributed by atoms with Crippen molar-refractivity contribution in [3.8, 4) is 0 Å². The van der Waals surface area contributed by atoms with Gasteiger partial charge in [-0.05, 0) is 42.5 Å². The number of rotatable bonds is 3. The number of thiocarbonyl (C=S) groups is 1. The van der Waals surface area contributed by atoms with Gasteiger partial charge in [-0.15, -0.1) is 0 Å². The summed E-state index contributed by atoms with van der Waals surface area (Å²) < 4.78 is 5.96. The Morgan fingerprint density at radius 3 is 2.50 bits per heavy atom. The van der Waals surface area contributed by atoms with Crippen LogP contribution in [0.25, 0.3) is 17.0 Å². The van der Waals surface area contributed by atoms with E-state index in [-0.39, 0.29) is 11.3 Å². The molecule has 0 atom stereocenters. The van der Waals surface area contributed by atoms with Crippen LogP contribution in [-0.2, 0) is 4.79 Å². The summed E-state index contributed by atoms with van der Waals surface area (Å²) in [7, 11) is 3.90. The van der Waals surface area contributed by atoms with Crippen molar-refractivity contribution in [2.45, 2.75) is 0 Å². The van der Waals surface area contributed by atoms with Crippen molar-refractivity contribution in [1.29, 1.82) is 0 Å². The highest BCUT2D eigenvalue weighted by molar-refractivity contribution is 8.27. The largest absolute Gasteiger partial charge is 0.463 e. The van der Waals surface area contributed by atoms with Gasteiger partial charge in [0.2, 0.25) is 0 Å². The van der Waals surface area contributed by atoms with E-state index >= 15 is 0 Å². The molecule has 0 radical (unpaired) electrons. The van der Waals surface area contributed by atoms with Gasteiger partial charge in [-0.1, -0.05) is 36.1 Å². The van der Waals surface area contributed by atoms with Gasteiger partial charge in [0, 0.05) is 19.8 Å². The van der Waals surface area contributed by atoms with Crippen molar-refractivity contribution in [2.24, 2.45) is 0 Å². The van der Waals surface area contributed by atoms with Crippen molar-refractivity contribution in [2.75, 3.05) is 23.9 Å². The monoisotopic (exact) mass is 408 g/mol. The molecule has 140 valence electrons. The molecule has 5 nitrogen and oxygen atoms in total. The second kappa shape index (κ2) is 7.26. The van der Waals surface area contributed by atoms with Crippen LogP contribution >= 0.6 is 24.0 Å². The molecule has 1 fully saturated rings. The lowest BCUT2D eigenvalue weighted by Crippen LogP contribution is -2.27. The number of hydrogen-bond acceptors (Lipinski definition) is 6. The van der Waals surface area contributed by atoms with Crippen LogP contribution in [0, 0.1) is 0 Å². The summed E-state index contributed by atoms with van der Waals surface area (Å²) in [4.78, 5) is 29.5. The second-order valence-electron chi connectivity index (χ2n) is 6.44. The molecule has 0 saturated carbocycles. The van der Waals surface area contributed by atoms with Crippen molar-refractivity contribution in [3.05, 3.63) is 75.5 Å². The predicted molar refractivity (Wildman–Crippen MR) is 119 cm³/mol. The second-order valence-corrected chi connectivity index (χ2v) is 8.12. The maximum absolute atomic E-state index is 12.9. The zero-order valence-corrected chi connectivity index (χ0v) is 16.8. The molecule has 2 heterocycles. The van der Waals surface area contributed by atoms with Crippen molar-refractivity contribution in [3.63, 3.8) is 0 Å². The van der Waals surface area contributed by atoms with Crippen LogP contribution in [0.15, 0.2) is 68.9 Å².